The topological polar surface area (TPSA) is 68.3 Å². The fraction of sp³-hybridized carbons (Fsp3) is 0.615. The molecule has 0 unspecified atom stereocenters. The maximum Gasteiger partial charge on any atom is 0.287 e. The van der Waals surface area contributed by atoms with Crippen molar-refractivity contribution in [2.24, 2.45) is 5.73 Å². The molecule has 4 heteroatoms. The van der Waals surface area contributed by atoms with Crippen LogP contribution in [0.2, 0.25) is 0 Å². The number of nitrogens with two attached hydrogens (primary N) is 1. The Morgan fingerprint density at radius 2 is 2.12 bits per heavy atom. The molecular weight excluding hydrogens is 216 g/mol. The number of hydrogen-bond donors (Lipinski definition) is 2. The van der Waals surface area contributed by atoms with E-state index < -0.39 is 0 Å². The van der Waals surface area contributed by atoms with E-state index in [-0.39, 0.29) is 5.91 Å². The molecule has 1 aromatic heterocycles. The number of amides is 1. The van der Waals surface area contributed by atoms with E-state index in [1.165, 1.54) is 19.3 Å². The summed E-state index contributed by atoms with van der Waals surface area (Å²) in [5, 5.41) is 3.03. The summed E-state index contributed by atoms with van der Waals surface area (Å²) in [5.41, 5.74) is 5.43. The zero-order chi connectivity index (χ0) is 12.1. The maximum absolute atomic E-state index is 11.9. The smallest absolute Gasteiger partial charge is 0.287 e. The van der Waals surface area contributed by atoms with Gasteiger partial charge in [-0.2, -0.15) is 0 Å². The number of furan rings is 1. The average Bonchev–Trinajstić information content (AvgIpc) is 2.79. The Balaban J connectivity index is 1.89. The molecule has 1 fully saturated rings. The summed E-state index contributed by atoms with van der Waals surface area (Å²) in [6.45, 7) is 0.539. The summed E-state index contributed by atoms with van der Waals surface area (Å²) in [4.78, 5) is 11.9. The predicted molar refractivity (Wildman–Crippen MR) is 65.8 cm³/mol. The lowest BCUT2D eigenvalue weighted by Gasteiger charge is -2.22. The van der Waals surface area contributed by atoms with Crippen LogP contribution in [0.5, 0.6) is 0 Å². The zero-order valence-corrected chi connectivity index (χ0v) is 10.1. The van der Waals surface area contributed by atoms with Gasteiger partial charge in [-0.05, 0) is 31.5 Å². The molecule has 0 bridgehead atoms. The molecule has 1 aliphatic carbocycles. The van der Waals surface area contributed by atoms with E-state index in [1.807, 2.05) is 6.07 Å². The summed E-state index contributed by atoms with van der Waals surface area (Å²) >= 11 is 0. The van der Waals surface area contributed by atoms with Crippen LogP contribution in [-0.4, -0.2) is 18.5 Å². The van der Waals surface area contributed by atoms with Gasteiger partial charge in [0.05, 0.1) is 0 Å². The highest BCUT2D eigenvalue weighted by atomic mass is 16.3. The fourth-order valence-electron chi connectivity index (χ4n) is 2.28. The average molecular weight is 236 g/mol. The quantitative estimate of drug-likeness (QED) is 0.838. The van der Waals surface area contributed by atoms with Gasteiger partial charge in [-0.1, -0.05) is 19.3 Å². The molecule has 0 aromatic carbocycles. The van der Waals surface area contributed by atoms with E-state index in [0.29, 0.717) is 24.8 Å². The fourth-order valence-corrected chi connectivity index (χ4v) is 2.28. The molecule has 1 saturated carbocycles. The second-order valence-corrected chi connectivity index (χ2v) is 4.61. The summed E-state index contributed by atoms with van der Waals surface area (Å²) in [6.07, 6.45) is 6.55. The molecule has 0 saturated heterocycles. The standard InChI is InChI=1S/C13H20N2O2/c14-9-8-11-6-7-12(17-11)13(16)15-10-4-2-1-3-5-10/h6-7,10H,1-5,8-9,14H2,(H,15,16). The van der Waals surface area contributed by atoms with Crippen molar-refractivity contribution in [3.8, 4) is 0 Å². The molecule has 0 radical (unpaired) electrons. The Hall–Kier alpha value is -1.29. The first kappa shape index (κ1) is 12.2. The maximum atomic E-state index is 11.9. The van der Waals surface area contributed by atoms with Crippen LogP contribution in [0, 0.1) is 0 Å². The molecule has 1 aliphatic rings. The molecule has 4 nitrogen and oxygen atoms in total. The van der Waals surface area contributed by atoms with E-state index in [2.05, 4.69) is 5.32 Å². The SMILES string of the molecule is NCCc1ccc(C(=O)NC2CCCCC2)o1. The molecule has 0 atom stereocenters. The highest BCUT2D eigenvalue weighted by molar-refractivity contribution is 5.91. The molecule has 17 heavy (non-hydrogen) atoms. The largest absolute Gasteiger partial charge is 0.456 e. The highest BCUT2D eigenvalue weighted by Gasteiger charge is 2.18. The molecule has 1 heterocycles. The lowest BCUT2D eigenvalue weighted by Crippen LogP contribution is -2.35. The molecule has 94 valence electrons. The van der Waals surface area contributed by atoms with Crippen molar-refractivity contribution in [1.82, 2.24) is 5.32 Å². The first-order chi connectivity index (χ1) is 8.29. The minimum absolute atomic E-state index is 0.0971. The first-order valence-corrected chi connectivity index (χ1v) is 6.39. The Kier molecular flexibility index (Phi) is 4.20. The van der Waals surface area contributed by atoms with Gasteiger partial charge >= 0.3 is 0 Å². The van der Waals surface area contributed by atoms with Gasteiger partial charge < -0.3 is 15.5 Å². The van der Waals surface area contributed by atoms with Gasteiger partial charge in [-0.3, -0.25) is 4.79 Å². The first-order valence-electron chi connectivity index (χ1n) is 6.39. The molecule has 1 aromatic rings. The van der Waals surface area contributed by atoms with Crippen molar-refractivity contribution in [1.29, 1.82) is 0 Å². The highest BCUT2D eigenvalue weighted by Crippen LogP contribution is 2.18. The Labute approximate surface area is 102 Å². The third-order valence-corrected chi connectivity index (χ3v) is 3.22. The van der Waals surface area contributed by atoms with Gasteiger partial charge in [-0.25, -0.2) is 0 Å². The minimum Gasteiger partial charge on any atom is -0.456 e. The van der Waals surface area contributed by atoms with Gasteiger partial charge in [0.15, 0.2) is 5.76 Å². The lowest BCUT2D eigenvalue weighted by molar-refractivity contribution is 0.0898. The van der Waals surface area contributed by atoms with Crippen LogP contribution in [0.15, 0.2) is 16.5 Å². The van der Waals surface area contributed by atoms with Crippen molar-refractivity contribution in [3.05, 3.63) is 23.7 Å². The number of rotatable bonds is 4. The number of hydrogen-bond acceptors (Lipinski definition) is 3. The van der Waals surface area contributed by atoms with Crippen LogP contribution in [0.25, 0.3) is 0 Å². The molecule has 2 rings (SSSR count). The van der Waals surface area contributed by atoms with Crippen molar-refractivity contribution in [2.45, 2.75) is 44.6 Å². The van der Waals surface area contributed by atoms with Gasteiger partial charge in [0.25, 0.3) is 5.91 Å². The van der Waals surface area contributed by atoms with E-state index in [4.69, 9.17) is 10.2 Å². The second-order valence-electron chi connectivity index (χ2n) is 4.61. The Bertz CT molecular complexity index is 367. The van der Waals surface area contributed by atoms with Crippen LogP contribution in [-0.2, 0) is 6.42 Å². The summed E-state index contributed by atoms with van der Waals surface area (Å²) < 4.78 is 5.44. The van der Waals surface area contributed by atoms with Gasteiger partial charge in [-0.15, -0.1) is 0 Å². The van der Waals surface area contributed by atoms with Gasteiger partial charge in [0.2, 0.25) is 0 Å². The zero-order valence-electron chi connectivity index (χ0n) is 10.1. The third-order valence-electron chi connectivity index (χ3n) is 3.22. The van der Waals surface area contributed by atoms with E-state index in [0.717, 1.165) is 18.6 Å². The van der Waals surface area contributed by atoms with Gasteiger partial charge in [0.1, 0.15) is 5.76 Å². The van der Waals surface area contributed by atoms with Crippen molar-refractivity contribution in [2.75, 3.05) is 6.54 Å². The number of carbonyl (C=O) groups is 1. The van der Waals surface area contributed by atoms with Crippen LogP contribution in [0.4, 0.5) is 0 Å². The Morgan fingerprint density at radius 3 is 2.82 bits per heavy atom. The minimum atomic E-state index is -0.0971. The normalized spacial score (nSPS) is 17.0. The second kappa shape index (κ2) is 5.87. The molecule has 0 spiro atoms. The third kappa shape index (κ3) is 3.33. The van der Waals surface area contributed by atoms with E-state index in [9.17, 15) is 4.79 Å². The summed E-state index contributed by atoms with van der Waals surface area (Å²) in [6, 6.07) is 3.87. The number of nitrogens with one attached hydrogen (secondary N) is 1. The van der Waals surface area contributed by atoms with Crippen molar-refractivity contribution >= 4 is 5.91 Å². The molecule has 0 aliphatic heterocycles. The summed E-state index contributed by atoms with van der Waals surface area (Å²) in [7, 11) is 0. The van der Waals surface area contributed by atoms with Crippen molar-refractivity contribution in [3.63, 3.8) is 0 Å². The lowest BCUT2D eigenvalue weighted by atomic mass is 9.95. The summed E-state index contributed by atoms with van der Waals surface area (Å²) in [5.74, 6) is 1.08. The predicted octanol–water partition coefficient (Wildman–Crippen LogP) is 1.84. The Morgan fingerprint density at radius 1 is 1.35 bits per heavy atom. The molecule has 1 amide bonds. The van der Waals surface area contributed by atoms with E-state index in [1.54, 1.807) is 6.07 Å². The monoisotopic (exact) mass is 236 g/mol. The van der Waals surface area contributed by atoms with Crippen molar-refractivity contribution < 1.29 is 9.21 Å². The molecular formula is C13H20N2O2. The molecule has 3 N–H and O–H groups in total. The van der Waals surface area contributed by atoms with Crippen LogP contribution in [0.3, 0.4) is 0 Å². The van der Waals surface area contributed by atoms with Crippen LogP contribution >= 0.6 is 0 Å². The van der Waals surface area contributed by atoms with Gasteiger partial charge in [0, 0.05) is 12.5 Å². The van der Waals surface area contributed by atoms with Crippen LogP contribution in [0.1, 0.15) is 48.4 Å². The van der Waals surface area contributed by atoms with E-state index >= 15 is 0 Å². The number of carbonyl (C=O) groups excluding carboxylic acids is 1. The van der Waals surface area contributed by atoms with Crippen LogP contribution < -0.4 is 11.1 Å².